The lowest BCUT2D eigenvalue weighted by atomic mass is 10.3. The molecule has 1 amide bonds. The minimum atomic E-state index is 0.222. The molecule has 2 aliphatic heterocycles. The molecule has 5 rings (SSSR count). The van der Waals surface area contributed by atoms with Gasteiger partial charge in [0.1, 0.15) is 5.82 Å². The second kappa shape index (κ2) is 5.98. The number of hydrogen-bond acceptors (Lipinski definition) is 4. The summed E-state index contributed by atoms with van der Waals surface area (Å²) < 4.78 is 4.40. The van der Waals surface area contributed by atoms with Gasteiger partial charge in [-0.05, 0) is 25.7 Å². The van der Waals surface area contributed by atoms with Gasteiger partial charge in [-0.3, -0.25) is 14.4 Å². The summed E-state index contributed by atoms with van der Waals surface area (Å²) in [4.78, 5) is 20.8. The van der Waals surface area contributed by atoms with Gasteiger partial charge in [-0.25, -0.2) is 4.98 Å². The summed E-state index contributed by atoms with van der Waals surface area (Å²) in [5.41, 5.74) is 0.949. The van der Waals surface area contributed by atoms with Crippen molar-refractivity contribution in [3.05, 3.63) is 30.6 Å². The molecular formula is C18H24N6O. The Bertz CT molecular complexity index is 776. The zero-order chi connectivity index (χ0) is 16.8. The first-order valence-electron chi connectivity index (χ1n) is 9.36. The molecular weight excluding hydrogens is 316 g/mol. The Morgan fingerprint density at radius 2 is 2.08 bits per heavy atom. The summed E-state index contributed by atoms with van der Waals surface area (Å²) in [6.07, 6.45) is 13.2. The zero-order valence-corrected chi connectivity index (χ0v) is 14.4. The van der Waals surface area contributed by atoms with Crippen molar-refractivity contribution < 1.29 is 4.79 Å². The number of nitrogens with zero attached hydrogens (tertiary/aromatic N) is 6. The smallest absolute Gasteiger partial charge is 0.227 e. The van der Waals surface area contributed by atoms with E-state index in [0.29, 0.717) is 18.5 Å². The standard InChI is InChI=1S/C18H24N6O/c25-18-2-1-7-23(18)16-10-20-24(12-16)15-5-8-21(11-15)13-17-19-6-9-22(17)14-3-4-14/h6,9-10,12,14-15H,1-5,7-8,11,13H2. The van der Waals surface area contributed by atoms with Crippen LogP contribution in [0, 0.1) is 0 Å². The molecule has 0 spiro atoms. The first kappa shape index (κ1) is 15.1. The highest BCUT2D eigenvalue weighted by Gasteiger charge is 2.30. The van der Waals surface area contributed by atoms with Gasteiger partial charge in [0.05, 0.1) is 24.5 Å². The molecule has 2 aromatic rings. The van der Waals surface area contributed by atoms with Gasteiger partial charge in [0.25, 0.3) is 0 Å². The van der Waals surface area contributed by atoms with Crippen molar-refractivity contribution in [2.75, 3.05) is 24.5 Å². The molecule has 2 saturated heterocycles. The Balaban J connectivity index is 1.24. The molecule has 4 heterocycles. The highest BCUT2D eigenvalue weighted by atomic mass is 16.2. The lowest BCUT2D eigenvalue weighted by Crippen LogP contribution is -2.24. The monoisotopic (exact) mass is 340 g/mol. The quantitative estimate of drug-likeness (QED) is 0.835. The Morgan fingerprint density at radius 3 is 2.88 bits per heavy atom. The van der Waals surface area contributed by atoms with E-state index >= 15 is 0 Å². The van der Waals surface area contributed by atoms with Gasteiger partial charge in [0.15, 0.2) is 0 Å². The first-order chi connectivity index (χ1) is 12.3. The number of imidazole rings is 1. The molecule has 25 heavy (non-hydrogen) atoms. The average molecular weight is 340 g/mol. The predicted octanol–water partition coefficient (Wildman–Crippen LogP) is 1.99. The van der Waals surface area contributed by atoms with Crippen molar-refractivity contribution in [3.8, 4) is 0 Å². The maximum atomic E-state index is 11.9. The summed E-state index contributed by atoms with van der Waals surface area (Å²) in [5.74, 6) is 1.41. The van der Waals surface area contributed by atoms with Crippen LogP contribution in [0.25, 0.3) is 0 Å². The van der Waals surface area contributed by atoms with E-state index in [4.69, 9.17) is 0 Å². The van der Waals surface area contributed by atoms with Crippen LogP contribution in [-0.4, -0.2) is 49.8 Å². The maximum absolute atomic E-state index is 11.9. The third-order valence-corrected chi connectivity index (χ3v) is 5.65. The average Bonchev–Trinajstić information content (AvgIpc) is 3.07. The minimum Gasteiger partial charge on any atom is -0.331 e. The molecule has 0 bridgehead atoms. The summed E-state index contributed by atoms with van der Waals surface area (Å²) in [6, 6.07) is 1.07. The third kappa shape index (κ3) is 2.86. The molecule has 1 atom stereocenters. The molecule has 1 saturated carbocycles. The largest absolute Gasteiger partial charge is 0.331 e. The molecule has 0 aromatic carbocycles. The number of carbonyl (C=O) groups excluding carboxylic acids is 1. The van der Waals surface area contributed by atoms with Crippen LogP contribution >= 0.6 is 0 Å². The number of hydrogen-bond donors (Lipinski definition) is 0. The summed E-state index contributed by atoms with van der Waals surface area (Å²) >= 11 is 0. The van der Waals surface area contributed by atoms with Crippen molar-refractivity contribution in [2.45, 2.75) is 50.7 Å². The lowest BCUT2D eigenvalue weighted by molar-refractivity contribution is -0.117. The molecule has 0 radical (unpaired) electrons. The van der Waals surface area contributed by atoms with Gasteiger partial charge >= 0.3 is 0 Å². The van der Waals surface area contributed by atoms with E-state index in [-0.39, 0.29) is 5.91 Å². The van der Waals surface area contributed by atoms with E-state index in [2.05, 4.69) is 25.7 Å². The van der Waals surface area contributed by atoms with Gasteiger partial charge in [-0.1, -0.05) is 0 Å². The van der Waals surface area contributed by atoms with Crippen LogP contribution < -0.4 is 4.90 Å². The van der Waals surface area contributed by atoms with Crippen molar-refractivity contribution >= 4 is 11.6 Å². The Hall–Kier alpha value is -2.15. The van der Waals surface area contributed by atoms with Crippen LogP contribution in [0.4, 0.5) is 5.69 Å². The Kier molecular flexibility index (Phi) is 3.62. The fourth-order valence-electron chi connectivity index (χ4n) is 4.11. The summed E-state index contributed by atoms with van der Waals surface area (Å²) in [6.45, 7) is 3.80. The van der Waals surface area contributed by atoms with E-state index in [1.165, 1.54) is 18.7 Å². The van der Waals surface area contributed by atoms with Crippen LogP contribution in [0.5, 0.6) is 0 Å². The number of likely N-dealkylation sites (tertiary alicyclic amines) is 1. The molecule has 7 nitrogen and oxygen atoms in total. The maximum Gasteiger partial charge on any atom is 0.227 e. The van der Waals surface area contributed by atoms with Gasteiger partial charge in [0.2, 0.25) is 5.91 Å². The third-order valence-electron chi connectivity index (χ3n) is 5.65. The molecule has 7 heteroatoms. The van der Waals surface area contributed by atoms with Crippen LogP contribution in [0.1, 0.15) is 50.0 Å². The van der Waals surface area contributed by atoms with E-state index in [9.17, 15) is 4.79 Å². The van der Waals surface area contributed by atoms with E-state index in [0.717, 1.165) is 44.7 Å². The number of aromatic nitrogens is 4. The second-order valence-electron chi connectivity index (χ2n) is 7.49. The predicted molar refractivity (Wildman–Crippen MR) is 93.2 cm³/mol. The van der Waals surface area contributed by atoms with E-state index < -0.39 is 0 Å². The topological polar surface area (TPSA) is 59.2 Å². The highest BCUT2D eigenvalue weighted by Crippen LogP contribution is 2.36. The van der Waals surface area contributed by atoms with Gasteiger partial charge in [0, 0.05) is 50.7 Å². The van der Waals surface area contributed by atoms with Crippen molar-refractivity contribution in [2.24, 2.45) is 0 Å². The molecule has 1 aliphatic carbocycles. The minimum absolute atomic E-state index is 0.222. The molecule has 3 fully saturated rings. The molecule has 3 aliphatic rings. The zero-order valence-electron chi connectivity index (χ0n) is 14.4. The van der Waals surface area contributed by atoms with Gasteiger partial charge in [-0.2, -0.15) is 5.10 Å². The Morgan fingerprint density at radius 1 is 1.16 bits per heavy atom. The molecule has 132 valence electrons. The number of rotatable bonds is 5. The van der Waals surface area contributed by atoms with Crippen LogP contribution in [-0.2, 0) is 11.3 Å². The number of amides is 1. The van der Waals surface area contributed by atoms with E-state index in [1.54, 1.807) is 0 Å². The van der Waals surface area contributed by atoms with Crippen molar-refractivity contribution in [3.63, 3.8) is 0 Å². The van der Waals surface area contributed by atoms with Crippen molar-refractivity contribution in [1.29, 1.82) is 0 Å². The number of carbonyl (C=O) groups is 1. The summed E-state index contributed by atoms with van der Waals surface area (Å²) in [5, 5.41) is 4.54. The fourth-order valence-corrected chi connectivity index (χ4v) is 4.11. The summed E-state index contributed by atoms with van der Waals surface area (Å²) in [7, 11) is 0. The normalized spacial score (nSPS) is 24.6. The first-order valence-corrected chi connectivity index (χ1v) is 9.36. The van der Waals surface area contributed by atoms with Crippen LogP contribution in [0.2, 0.25) is 0 Å². The van der Waals surface area contributed by atoms with Gasteiger partial charge < -0.3 is 9.47 Å². The molecule has 2 aromatic heterocycles. The highest BCUT2D eigenvalue weighted by molar-refractivity contribution is 5.95. The fraction of sp³-hybridized carbons (Fsp3) is 0.611. The van der Waals surface area contributed by atoms with Crippen LogP contribution in [0.3, 0.4) is 0 Å². The van der Waals surface area contributed by atoms with Crippen molar-refractivity contribution in [1.82, 2.24) is 24.2 Å². The molecule has 1 unspecified atom stereocenters. The number of anilines is 1. The molecule has 0 N–H and O–H groups in total. The van der Waals surface area contributed by atoms with Crippen LogP contribution in [0.15, 0.2) is 24.8 Å². The van der Waals surface area contributed by atoms with E-state index in [1.807, 2.05) is 28.2 Å². The second-order valence-corrected chi connectivity index (χ2v) is 7.49. The van der Waals surface area contributed by atoms with Gasteiger partial charge in [-0.15, -0.1) is 0 Å². The lowest BCUT2D eigenvalue weighted by Gasteiger charge is -2.17. The Labute approximate surface area is 147 Å². The SMILES string of the molecule is O=C1CCCN1c1cnn(C2CCN(Cc3nccn3C3CC3)C2)c1.